The van der Waals surface area contributed by atoms with Crippen LogP contribution in [0.3, 0.4) is 0 Å². The maximum Gasteiger partial charge on any atom is 0.355 e. The lowest BCUT2D eigenvalue weighted by molar-refractivity contribution is -0.124. The molecule has 0 atom stereocenters. The number of hydrogen-bond acceptors (Lipinski definition) is 5. The van der Waals surface area contributed by atoms with Crippen LogP contribution in [-0.4, -0.2) is 36.1 Å². The second kappa shape index (κ2) is 11.2. The van der Waals surface area contributed by atoms with E-state index < -0.39 is 5.97 Å². The van der Waals surface area contributed by atoms with Crippen molar-refractivity contribution in [3.05, 3.63) is 64.3 Å². The normalized spacial score (nSPS) is 11.0. The third-order valence-electron chi connectivity index (χ3n) is 5.17. The molecule has 3 rings (SSSR count). The number of benzene rings is 2. The topological polar surface area (TPSA) is 98.7 Å². The quantitative estimate of drug-likeness (QED) is 0.431. The molecule has 1 heterocycles. The standard InChI is InChI=1S/C25H28ClN3O5/c1-5-34-25(32)22-12-17-11-18(7-9-21(17)29(22)14-33-4)28-24(31)19-10-16(6-8-20(19)26)13-27-23(30)15(2)3/h6-12,15H,5,13-14H2,1-4H3,(H,27,30)(H,28,31). The van der Waals surface area contributed by atoms with Crippen molar-refractivity contribution < 1.29 is 23.9 Å². The Morgan fingerprint density at radius 1 is 1.09 bits per heavy atom. The predicted molar refractivity (Wildman–Crippen MR) is 131 cm³/mol. The summed E-state index contributed by atoms with van der Waals surface area (Å²) < 4.78 is 12.1. The van der Waals surface area contributed by atoms with Crippen molar-refractivity contribution >= 4 is 46.0 Å². The molecule has 2 amide bonds. The first-order chi connectivity index (χ1) is 16.2. The minimum absolute atomic E-state index is 0.0724. The Morgan fingerprint density at radius 3 is 2.53 bits per heavy atom. The highest BCUT2D eigenvalue weighted by molar-refractivity contribution is 6.34. The summed E-state index contributed by atoms with van der Waals surface area (Å²) in [5.74, 6) is -1.04. The highest BCUT2D eigenvalue weighted by Crippen LogP contribution is 2.26. The molecule has 0 aliphatic rings. The summed E-state index contributed by atoms with van der Waals surface area (Å²) >= 11 is 6.27. The Kier molecular flexibility index (Phi) is 8.31. The zero-order chi connectivity index (χ0) is 24.8. The number of nitrogens with zero attached hydrogens (tertiary/aromatic N) is 1. The average Bonchev–Trinajstić information content (AvgIpc) is 3.16. The molecule has 0 saturated heterocycles. The van der Waals surface area contributed by atoms with E-state index in [0.29, 0.717) is 28.5 Å². The van der Waals surface area contributed by atoms with Gasteiger partial charge in [-0.3, -0.25) is 9.59 Å². The van der Waals surface area contributed by atoms with E-state index in [0.717, 1.165) is 16.5 Å². The van der Waals surface area contributed by atoms with Crippen molar-refractivity contribution in [2.45, 2.75) is 34.0 Å². The van der Waals surface area contributed by atoms with Crippen molar-refractivity contribution in [2.24, 2.45) is 5.92 Å². The fraction of sp³-hybridized carbons (Fsp3) is 0.320. The van der Waals surface area contributed by atoms with E-state index in [1.807, 2.05) is 13.8 Å². The number of aromatic nitrogens is 1. The molecule has 0 fully saturated rings. The van der Waals surface area contributed by atoms with Gasteiger partial charge in [-0.25, -0.2) is 4.79 Å². The summed E-state index contributed by atoms with van der Waals surface area (Å²) in [6.07, 6.45) is 0. The maximum atomic E-state index is 13.0. The zero-order valence-electron chi connectivity index (χ0n) is 19.6. The Bertz CT molecular complexity index is 1220. The molecule has 8 nitrogen and oxygen atoms in total. The number of rotatable bonds is 9. The van der Waals surface area contributed by atoms with Crippen molar-refractivity contribution in [3.63, 3.8) is 0 Å². The zero-order valence-corrected chi connectivity index (χ0v) is 20.4. The van der Waals surface area contributed by atoms with E-state index in [9.17, 15) is 14.4 Å². The lowest BCUT2D eigenvalue weighted by Gasteiger charge is -2.11. The van der Waals surface area contributed by atoms with Gasteiger partial charge in [0.15, 0.2) is 0 Å². The molecule has 9 heteroatoms. The predicted octanol–water partition coefficient (Wildman–Crippen LogP) is 4.60. The molecule has 0 unspecified atom stereocenters. The number of halogens is 1. The lowest BCUT2D eigenvalue weighted by atomic mass is 10.1. The number of hydrogen-bond donors (Lipinski definition) is 2. The number of carbonyl (C=O) groups excluding carboxylic acids is 3. The monoisotopic (exact) mass is 485 g/mol. The number of nitrogens with one attached hydrogen (secondary N) is 2. The van der Waals surface area contributed by atoms with Gasteiger partial charge in [-0.15, -0.1) is 0 Å². The largest absolute Gasteiger partial charge is 0.461 e. The van der Waals surface area contributed by atoms with E-state index in [-0.39, 0.29) is 31.1 Å². The number of ether oxygens (including phenoxy) is 2. The van der Waals surface area contributed by atoms with Gasteiger partial charge in [0, 0.05) is 30.6 Å². The van der Waals surface area contributed by atoms with Crippen LogP contribution in [0.2, 0.25) is 5.02 Å². The number of anilines is 1. The van der Waals surface area contributed by atoms with Crippen LogP contribution >= 0.6 is 11.6 Å². The molecular weight excluding hydrogens is 458 g/mol. The van der Waals surface area contributed by atoms with Crippen LogP contribution in [0.25, 0.3) is 10.9 Å². The van der Waals surface area contributed by atoms with Crippen molar-refractivity contribution in [3.8, 4) is 0 Å². The third-order valence-corrected chi connectivity index (χ3v) is 5.50. The van der Waals surface area contributed by atoms with Crippen LogP contribution in [0.15, 0.2) is 42.5 Å². The lowest BCUT2D eigenvalue weighted by Crippen LogP contribution is -2.27. The van der Waals surface area contributed by atoms with Crippen LogP contribution in [0.5, 0.6) is 0 Å². The van der Waals surface area contributed by atoms with E-state index in [4.69, 9.17) is 21.1 Å². The molecule has 0 aliphatic carbocycles. The van der Waals surface area contributed by atoms with Gasteiger partial charge in [-0.1, -0.05) is 31.5 Å². The number of esters is 1. The molecule has 0 spiro atoms. The molecule has 1 aromatic heterocycles. The van der Waals surface area contributed by atoms with Gasteiger partial charge in [0.05, 0.1) is 22.7 Å². The first kappa shape index (κ1) is 25.3. The number of fused-ring (bicyclic) bond motifs is 1. The van der Waals surface area contributed by atoms with Gasteiger partial charge in [0.2, 0.25) is 5.91 Å². The van der Waals surface area contributed by atoms with E-state index in [1.54, 1.807) is 61.1 Å². The molecule has 34 heavy (non-hydrogen) atoms. The molecule has 2 aromatic carbocycles. The Hall–Kier alpha value is -3.36. The van der Waals surface area contributed by atoms with Gasteiger partial charge in [-0.05, 0) is 48.9 Å². The first-order valence-electron chi connectivity index (χ1n) is 10.9. The van der Waals surface area contributed by atoms with Crippen molar-refractivity contribution in [1.29, 1.82) is 0 Å². The SMILES string of the molecule is CCOC(=O)c1cc2cc(NC(=O)c3cc(CNC(=O)C(C)C)ccc3Cl)ccc2n1COC. The summed E-state index contributed by atoms with van der Waals surface area (Å²) in [5.41, 5.74) is 2.72. The van der Waals surface area contributed by atoms with Gasteiger partial charge in [0.25, 0.3) is 5.91 Å². The Morgan fingerprint density at radius 2 is 1.85 bits per heavy atom. The molecule has 0 radical (unpaired) electrons. The summed E-state index contributed by atoms with van der Waals surface area (Å²) in [5, 5.41) is 6.72. The second-order valence-electron chi connectivity index (χ2n) is 8.01. The highest BCUT2D eigenvalue weighted by atomic mass is 35.5. The summed E-state index contributed by atoms with van der Waals surface area (Å²) in [4.78, 5) is 37.1. The van der Waals surface area contributed by atoms with Crippen LogP contribution in [-0.2, 0) is 27.5 Å². The Labute approximate surface area is 203 Å². The van der Waals surface area contributed by atoms with Crippen molar-refractivity contribution in [2.75, 3.05) is 19.0 Å². The molecule has 0 bridgehead atoms. The molecule has 2 N–H and O–H groups in total. The molecule has 180 valence electrons. The van der Waals surface area contributed by atoms with Gasteiger partial charge in [0.1, 0.15) is 12.4 Å². The highest BCUT2D eigenvalue weighted by Gasteiger charge is 2.18. The van der Waals surface area contributed by atoms with E-state index in [1.165, 1.54) is 0 Å². The molecular formula is C25H28ClN3O5. The van der Waals surface area contributed by atoms with Crippen molar-refractivity contribution in [1.82, 2.24) is 9.88 Å². The summed E-state index contributed by atoms with van der Waals surface area (Å²) in [6, 6.07) is 12.1. The minimum Gasteiger partial charge on any atom is -0.461 e. The molecule has 0 aliphatic heterocycles. The fourth-order valence-corrected chi connectivity index (χ4v) is 3.64. The van der Waals surface area contributed by atoms with Crippen LogP contribution in [0.4, 0.5) is 5.69 Å². The minimum atomic E-state index is -0.450. The van der Waals surface area contributed by atoms with Gasteiger partial charge in [-0.2, -0.15) is 0 Å². The third kappa shape index (κ3) is 5.76. The van der Waals surface area contributed by atoms with Crippen LogP contribution in [0, 0.1) is 5.92 Å². The number of carbonyl (C=O) groups is 3. The summed E-state index contributed by atoms with van der Waals surface area (Å²) in [6.45, 7) is 6.10. The number of amides is 2. The second-order valence-corrected chi connectivity index (χ2v) is 8.42. The number of methoxy groups -OCH3 is 1. The first-order valence-corrected chi connectivity index (χ1v) is 11.3. The fourth-order valence-electron chi connectivity index (χ4n) is 3.44. The maximum absolute atomic E-state index is 13.0. The molecule has 3 aromatic rings. The summed E-state index contributed by atoms with van der Waals surface area (Å²) in [7, 11) is 1.54. The van der Waals surface area contributed by atoms with Crippen LogP contribution < -0.4 is 10.6 Å². The van der Waals surface area contributed by atoms with Gasteiger partial charge < -0.3 is 24.7 Å². The average molecular weight is 486 g/mol. The Balaban J connectivity index is 1.83. The van der Waals surface area contributed by atoms with E-state index in [2.05, 4.69) is 10.6 Å². The molecule has 0 saturated carbocycles. The smallest absolute Gasteiger partial charge is 0.355 e. The van der Waals surface area contributed by atoms with Crippen LogP contribution in [0.1, 0.15) is 47.2 Å². The van der Waals surface area contributed by atoms with Gasteiger partial charge >= 0.3 is 5.97 Å². The van der Waals surface area contributed by atoms with E-state index >= 15 is 0 Å².